The molecule has 1 fully saturated rings. The summed E-state index contributed by atoms with van der Waals surface area (Å²) in [5.74, 6) is 1.68. The summed E-state index contributed by atoms with van der Waals surface area (Å²) in [6.45, 7) is 2.28. The fourth-order valence-corrected chi connectivity index (χ4v) is 2.98. The molecule has 1 atom stereocenters. The van der Waals surface area contributed by atoms with Crippen LogP contribution in [0.4, 0.5) is 0 Å². The summed E-state index contributed by atoms with van der Waals surface area (Å²) >= 11 is 0. The molecule has 0 aromatic heterocycles. The zero-order valence-electron chi connectivity index (χ0n) is 11.6. The third kappa shape index (κ3) is 3.03. The van der Waals surface area contributed by atoms with E-state index in [-0.39, 0.29) is 0 Å². The van der Waals surface area contributed by atoms with Gasteiger partial charge in [-0.3, -0.25) is 0 Å². The van der Waals surface area contributed by atoms with Crippen molar-refractivity contribution in [2.24, 2.45) is 5.92 Å². The van der Waals surface area contributed by atoms with Gasteiger partial charge in [0.15, 0.2) is 0 Å². The van der Waals surface area contributed by atoms with Gasteiger partial charge < -0.3 is 15.0 Å². The standard InChI is InChI=1S/C15H24N2O/c1-17(2)15(12-7-9-16-10-8-12)13-5-4-6-14(11-13)18-3/h4-6,11-12,15-16H,7-10H2,1-3H3. The minimum atomic E-state index is 0.488. The first-order chi connectivity index (χ1) is 8.72. The van der Waals surface area contributed by atoms with Gasteiger partial charge in [0.05, 0.1) is 7.11 Å². The van der Waals surface area contributed by atoms with Crippen LogP contribution in [-0.2, 0) is 0 Å². The first-order valence-electron chi connectivity index (χ1n) is 6.73. The second-order valence-electron chi connectivity index (χ2n) is 5.27. The number of methoxy groups -OCH3 is 1. The van der Waals surface area contributed by atoms with Gasteiger partial charge in [0.2, 0.25) is 0 Å². The number of piperidine rings is 1. The molecule has 3 nitrogen and oxygen atoms in total. The van der Waals surface area contributed by atoms with Crippen molar-refractivity contribution in [2.75, 3.05) is 34.3 Å². The quantitative estimate of drug-likeness (QED) is 0.885. The second-order valence-corrected chi connectivity index (χ2v) is 5.27. The van der Waals surface area contributed by atoms with Crippen LogP contribution in [0.2, 0.25) is 0 Å². The molecule has 1 aromatic rings. The van der Waals surface area contributed by atoms with Crippen LogP contribution in [0.1, 0.15) is 24.4 Å². The number of rotatable bonds is 4. The lowest BCUT2D eigenvalue weighted by Crippen LogP contribution is -2.36. The van der Waals surface area contributed by atoms with E-state index in [2.05, 4.69) is 42.5 Å². The molecule has 0 radical (unpaired) electrons. The Morgan fingerprint density at radius 3 is 2.61 bits per heavy atom. The van der Waals surface area contributed by atoms with E-state index in [4.69, 9.17) is 4.74 Å². The summed E-state index contributed by atoms with van der Waals surface area (Å²) in [7, 11) is 6.08. The Balaban J connectivity index is 2.22. The Bertz CT molecular complexity index is 373. The van der Waals surface area contributed by atoms with Crippen LogP contribution < -0.4 is 10.1 Å². The fraction of sp³-hybridized carbons (Fsp3) is 0.600. The Hall–Kier alpha value is -1.06. The van der Waals surface area contributed by atoms with Crippen molar-refractivity contribution in [1.82, 2.24) is 10.2 Å². The first-order valence-corrected chi connectivity index (χ1v) is 6.73. The van der Waals surface area contributed by atoms with E-state index in [1.165, 1.54) is 18.4 Å². The van der Waals surface area contributed by atoms with Gasteiger partial charge in [-0.15, -0.1) is 0 Å². The molecule has 1 N–H and O–H groups in total. The average molecular weight is 248 g/mol. The van der Waals surface area contributed by atoms with E-state index in [0.29, 0.717) is 6.04 Å². The van der Waals surface area contributed by atoms with Gasteiger partial charge >= 0.3 is 0 Å². The molecule has 18 heavy (non-hydrogen) atoms. The number of nitrogens with zero attached hydrogens (tertiary/aromatic N) is 1. The van der Waals surface area contributed by atoms with Crippen LogP contribution in [-0.4, -0.2) is 39.2 Å². The summed E-state index contributed by atoms with van der Waals surface area (Å²) in [6.07, 6.45) is 2.50. The van der Waals surface area contributed by atoms with Crippen molar-refractivity contribution >= 4 is 0 Å². The Morgan fingerprint density at radius 1 is 1.28 bits per heavy atom. The van der Waals surface area contributed by atoms with Crippen molar-refractivity contribution in [2.45, 2.75) is 18.9 Å². The summed E-state index contributed by atoms with van der Waals surface area (Å²) in [4.78, 5) is 2.34. The summed E-state index contributed by atoms with van der Waals surface area (Å²) in [5.41, 5.74) is 1.37. The molecule has 1 saturated heterocycles. The number of benzene rings is 1. The topological polar surface area (TPSA) is 24.5 Å². The molecule has 0 aliphatic carbocycles. The highest BCUT2D eigenvalue weighted by Gasteiger charge is 2.26. The van der Waals surface area contributed by atoms with Crippen molar-refractivity contribution in [3.05, 3.63) is 29.8 Å². The molecular formula is C15H24N2O. The molecule has 2 rings (SSSR count). The van der Waals surface area contributed by atoms with Gasteiger partial charge in [-0.25, -0.2) is 0 Å². The minimum Gasteiger partial charge on any atom is -0.497 e. The average Bonchev–Trinajstić information content (AvgIpc) is 2.40. The maximum atomic E-state index is 5.34. The molecule has 3 heteroatoms. The monoisotopic (exact) mass is 248 g/mol. The van der Waals surface area contributed by atoms with Crippen molar-refractivity contribution < 1.29 is 4.74 Å². The number of ether oxygens (including phenoxy) is 1. The lowest BCUT2D eigenvalue weighted by Gasteiger charge is -2.35. The second kappa shape index (κ2) is 6.21. The molecule has 0 amide bonds. The molecular weight excluding hydrogens is 224 g/mol. The number of hydrogen-bond donors (Lipinski definition) is 1. The Kier molecular flexibility index (Phi) is 4.61. The predicted octanol–water partition coefficient (Wildman–Crippen LogP) is 2.30. The van der Waals surface area contributed by atoms with Gasteiger partial charge in [-0.1, -0.05) is 12.1 Å². The van der Waals surface area contributed by atoms with E-state index in [0.717, 1.165) is 24.8 Å². The zero-order valence-corrected chi connectivity index (χ0v) is 11.6. The lowest BCUT2D eigenvalue weighted by molar-refractivity contribution is 0.177. The van der Waals surface area contributed by atoms with Crippen LogP contribution >= 0.6 is 0 Å². The van der Waals surface area contributed by atoms with E-state index in [1.54, 1.807) is 7.11 Å². The van der Waals surface area contributed by atoms with Gasteiger partial charge in [0.1, 0.15) is 5.75 Å². The smallest absolute Gasteiger partial charge is 0.119 e. The van der Waals surface area contributed by atoms with Crippen LogP contribution in [0.25, 0.3) is 0 Å². The summed E-state index contributed by atoms with van der Waals surface area (Å²) in [5, 5.41) is 3.44. The molecule has 1 aromatic carbocycles. The summed E-state index contributed by atoms with van der Waals surface area (Å²) < 4.78 is 5.34. The minimum absolute atomic E-state index is 0.488. The highest BCUT2D eigenvalue weighted by molar-refractivity contribution is 5.31. The Morgan fingerprint density at radius 2 is 2.00 bits per heavy atom. The fourth-order valence-electron chi connectivity index (χ4n) is 2.98. The molecule has 100 valence electrons. The van der Waals surface area contributed by atoms with Crippen molar-refractivity contribution in [3.8, 4) is 5.75 Å². The van der Waals surface area contributed by atoms with Crippen LogP contribution in [0.3, 0.4) is 0 Å². The third-order valence-corrected chi connectivity index (χ3v) is 3.82. The molecule has 0 saturated carbocycles. The maximum absolute atomic E-state index is 5.34. The SMILES string of the molecule is COc1cccc(C(C2CCNCC2)N(C)C)c1. The van der Waals surface area contributed by atoms with E-state index >= 15 is 0 Å². The van der Waals surface area contributed by atoms with Crippen LogP contribution in [0, 0.1) is 5.92 Å². The molecule has 0 spiro atoms. The van der Waals surface area contributed by atoms with Crippen LogP contribution in [0.5, 0.6) is 5.75 Å². The number of nitrogens with one attached hydrogen (secondary N) is 1. The maximum Gasteiger partial charge on any atom is 0.119 e. The normalized spacial score (nSPS) is 18.9. The highest BCUT2D eigenvalue weighted by Crippen LogP contribution is 2.33. The van der Waals surface area contributed by atoms with Gasteiger partial charge in [0, 0.05) is 6.04 Å². The zero-order chi connectivity index (χ0) is 13.0. The largest absolute Gasteiger partial charge is 0.497 e. The van der Waals surface area contributed by atoms with Crippen LogP contribution in [0.15, 0.2) is 24.3 Å². The lowest BCUT2D eigenvalue weighted by atomic mass is 9.85. The Labute approximate surface area is 110 Å². The molecule has 0 bridgehead atoms. The molecule has 1 heterocycles. The molecule has 1 aliphatic heterocycles. The van der Waals surface area contributed by atoms with Gasteiger partial charge in [-0.2, -0.15) is 0 Å². The summed E-state index contributed by atoms with van der Waals surface area (Å²) in [6, 6.07) is 8.98. The third-order valence-electron chi connectivity index (χ3n) is 3.82. The van der Waals surface area contributed by atoms with Crippen molar-refractivity contribution in [3.63, 3.8) is 0 Å². The van der Waals surface area contributed by atoms with E-state index in [9.17, 15) is 0 Å². The molecule has 1 aliphatic rings. The predicted molar refractivity (Wildman–Crippen MR) is 75.0 cm³/mol. The van der Waals surface area contributed by atoms with E-state index < -0.39 is 0 Å². The van der Waals surface area contributed by atoms with E-state index in [1.807, 2.05) is 6.07 Å². The van der Waals surface area contributed by atoms with Crippen molar-refractivity contribution in [1.29, 1.82) is 0 Å². The first kappa shape index (κ1) is 13.4. The highest BCUT2D eigenvalue weighted by atomic mass is 16.5. The number of hydrogen-bond acceptors (Lipinski definition) is 3. The van der Waals surface area contributed by atoms with Gasteiger partial charge in [-0.05, 0) is 63.6 Å². The molecule has 1 unspecified atom stereocenters. The van der Waals surface area contributed by atoms with Gasteiger partial charge in [0.25, 0.3) is 0 Å².